The second-order valence-corrected chi connectivity index (χ2v) is 8.23. The summed E-state index contributed by atoms with van der Waals surface area (Å²) in [6.45, 7) is 1.45. The van der Waals surface area contributed by atoms with Gasteiger partial charge >= 0.3 is 0 Å². The molecule has 2 aromatic heterocycles. The van der Waals surface area contributed by atoms with Gasteiger partial charge in [-0.15, -0.1) is 23.1 Å². The van der Waals surface area contributed by atoms with Crippen LogP contribution in [0.25, 0.3) is 4.91 Å². The minimum absolute atomic E-state index is 0.0233. The number of aromatic nitrogens is 2. The summed E-state index contributed by atoms with van der Waals surface area (Å²) >= 11 is 3.05. The Kier molecular flexibility index (Phi) is 5.29. The van der Waals surface area contributed by atoms with Gasteiger partial charge in [0.2, 0.25) is 5.91 Å². The normalized spacial score (nSPS) is 17.6. The minimum Gasteiger partial charge on any atom is -0.355 e. The Labute approximate surface area is 153 Å². The van der Waals surface area contributed by atoms with Gasteiger partial charge in [0.1, 0.15) is 5.69 Å². The van der Waals surface area contributed by atoms with Crippen molar-refractivity contribution in [3.63, 3.8) is 0 Å². The van der Waals surface area contributed by atoms with Crippen LogP contribution in [0.15, 0.2) is 29.7 Å². The van der Waals surface area contributed by atoms with E-state index in [1.165, 1.54) is 34.4 Å². The molecule has 0 radical (unpaired) electrons. The summed E-state index contributed by atoms with van der Waals surface area (Å²) < 4.78 is 28.3. The zero-order valence-electron chi connectivity index (χ0n) is 14.0. The molecule has 3 rings (SSSR count). The molecule has 4 nitrogen and oxygen atoms in total. The average Bonchev–Trinajstić information content (AvgIpc) is 3.25. The van der Waals surface area contributed by atoms with Crippen molar-refractivity contribution in [1.82, 2.24) is 15.1 Å². The molecule has 1 aliphatic rings. The molecule has 3 heterocycles. The Morgan fingerprint density at radius 1 is 1.52 bits per heavy atom. The highest BCUT2D eigenvalue weighted by molar-refractivity contribution is 8.09. The number of allylic oxidation sites excluding steroid dienone is 1. The van der Waals surface area contributed by atoms with Crippen LogP contribution in [0, 0.1) is 0 Å². The predicted octanol–water partition coefficient (Wildman–Crippen LogP) is 3.80. The number of thiophene rings is 1. The molecular formula is C17H19F2N3OS2. The number of nitrogens with one attached hydrogen (secondary N) is 1. The summed E-state index contributed by atoms with van der Waals surface area (Å²) in [4.78, 5) is 14.3. The lowest BCUT2D eigenvalue weighted by Gasteiger charge is -2.10. The Balaban J connectivity index is 1.55. The monoisotopic (exact) mass is 383 g/mol. The Hall–Kier alpha value is -1.67. The van der Waals surface area contributed by atoms with Crippen LogP contribution < -0.4 is 5.32 Å². The molecular weight excluding hydrogens is 364 g/mol. The van der Waals surface area contributed by atoms with Crippen molar-refractivity contribution in [2.45, 2.75) is 30.9 Å². The van der Waals surface area contributed by atoms with Gasteiger partial charge in [-0.05, 0) is 30.4 Å². The standard InChI is InChI=1S/C17H19F2N3OS2/c1-17(18,19)15-10-12(21-22(15)2)13-5-6-14(25-13)16(23)20-8-7-11-4-3-9-24-11/h3-5,9-10,14H,6-8H2,1-2H3,(H,20,23). The van der Waals surface area contributed by atoms with Crippen molar-refractivity contribution >= 4 is 33.9 Å². The maximum absolute atomic E-state index is 13.5. The molecule has 8 heteroatoms. The number of carbonyl (C=O) groups excluding carboxylic acids is 1. The van der Waals surface area contributed by atoms with Crippen LogP contribution in [-0.4, -0.2) is 27.5 Å². The first-order valence-electron chi connectivity index (χ1n) is 7.94. The van der Waals surface area contributed by atoms with Crippen LogP contribution in [0.2, 0.25) is 0 Å². The van der Waals surface area contributed by atoms with Gasteiger partial charge in [-0.25, -0.2) is 0 Å². The number of hydrogen-bond acceptors (Lipinski definition) is 4. The molecule has 1 amide bonds. The average molecular weight is 383 g/mol. The fraction of sp³-hybridized carbons (Fsp3) is 0.412. The molecule has 134 valence electrons. The van der Waals surface area contributed by atoms with E-state index in [0.29, 0.717) is 18.7 Å². The summed E-state index contributed by atoms with van der Waals surface area (Å²) in [7, 11) is 1.51. The van der Waals surface area contributed by atoms with Gasteiger partial charge in [0.25, 0.3) is 5.92 Å². The van der Waals surface area contributed by atoms with Gasteiger partial charge in [0.05, 0.1) is 10.9 Å². The molecule has 0 fully saturated rings. The van der Waals surface area contributed by atoms with Gasteiger partial charge in [0, 0.05) is 30.3 Å². The summed E-state index contributed by atoms with van der Waals surface area (Å²) in [6, 6.07) is 5.44. The van der Waals surface area contributed by atoms with Gasteiger partial charge in [0.15, 0.2) is 0 Å². The van der Waals surface area contributed by atoms with E-state index < -0.39 is 5.92 Å². The zero-order chi connectivity index (χ0) is 18.0. The number of nitrogens with zero attached hydrogens (tertiary/aromatic N) is 2. The van der Waals surface area contributed by atoms with Gasteiger partial charge in [-0.2, -0.15) is 13.9 Å². The largest absolute Gasteiger partial charge is 0.355 e. The predicted molar refractivity (Wildman–Crippen MR) is 97.8 cm³/mol. The summed E-state index contributed by atoms with van der Waals surface area (Å²) in [5, 5.41) is 8.89. The molecule has 0 aromatic carbocycles. The van der Waals surface area contributed by atoms with E-state index in [2.05, 4.69) is 10.4 Å². The number of aryl methyl sites for hydroxylation is 1. The number of carbonyl (C=O) groups is 1. The number of halogens is 2. The second kappa shape index (κ2) is 7.29. The number of alkyl halides is 2. The molecule has 1 N–H and O–H groups in total. The highest BCUT2D eigenvalue weighted by atomic mass is 32.2. The maximum Gasteiger partial charge on any atom is 0.286 e. The van der Waals surface area contributed by atoms with Crippen molar-refractivity contribution in [2.75, 3.05) is 6.54 Å². The minimum atomic E-state index is -2.94. The third-order valence-electron chi connectivity index (χ3n) is 3.91. The summed E-state index contributed by atoms with van der Waals surface area (Å²) in [5.74, 6) is -2.97. The quantitative estimate of drug-likeness (QED) is 0.825. The first-order valence-corrected chi connectivity index (χ1v) is 9.70. The van der Waals surface area contributed by atoms with Gasteiger partial charge < -0.3 is 5.32 Å². The van der Waals surface area contributed by atoms with Gasteiger partial charge in [-0.3, -0.25) is 9.48 Å². The fourth-order valence-corrected chi connectivity index (χ4v) is 4.48. The molecule has 0 bridgehead atoms. The molecule has 0 spiro atoms. The van der Waals surface area contributed by atoms with Crippen molar-refractivity contribution in [3.8, 4) is 0 Å². The van der Waals surface area contributed by atoms with Crippen LogP contribution in [0.4, 0.5) is 8.78 Å². The summed E-state index contributed by atoms with van der Waals surface area (Å²) in [5.41, 5.74) is 0.366. The highest BCUT2D eigenvalue weighted by Crippen LogP contribution is 2.40. The van der Waals surface area contributed by atoms with Crippen LogP contribution in [0.5, 0.6) is 0 Å². The zero-order valence-corrected chi connectivity index (χ0v) is 15.6. The molecule has 1 unspecified atom stereocenters. The van der Waals surface area contributed by atoms with E-state index in [-0.39, 0.29) is 16.9 Å². The third kappa shape index (κ3) is 4.30. The second-order valence-electron chi connectivity index (χ2n) is 5.96. The van der Waals surface area contributed by atoms with E-state index in [0.717, 1.165) is 18.2 Å². The van der Waals surface area contributed by atoms with Crippen molar-refractivity contribution in [1.29, 1.82) is 0 Å². The van der Waals surface area contributed by atoms with E-state index >= 15 is 0 Å². The summed E-state index contributed by atoms with van der Waals surface area (Å²) in [6.07, 6.45) is 3.30. The number of rotatable bonds is 6. The SMILES string of the molecule is Cn1nc(C2=CCC(C(=O)NCCc3cccs3)S2)cc1C(C)(F)F. The molecule has 1 atom stereocenters. The number of thioether (sulfide) groups is 1. The molecule has 0 aliphatic carbocycles. The van der Waals surface area contributed by atoms with Gasteiger partial charge in [-0.1, -0.05) is 12.1 Å². The Morgan fingerprint density at radius 2 is 2.32 bits per heavy atom. The maximum atomic E-state index is 13.5. The number of hydrogen-bond donors (Lipinski definition) is 1. The van der Waals surface area contributed by atoms with Crippen molar-refractivity contribution in [3.05, 3.63) is 45.9 Å². The van der Waals surface area contributed by atoms with Crippen LogP contribution in [-0.2, 0) is 24.2 Å². The lowest BCUT2D eigenvalue weighted by atomic mass is 10.2. The molecule has 25 heavy (non-hydrogen) atoms. The van der Waals surface area contributed by atoms with E-state index in [1.54, 1.807) is 11.3 Å². The lowest BCUT2D eigenvalue weighted by molar-refractivity contribution is -0.120. The first-order chi connectivity index (χ1) is 11.8. The van der Waals surface area contributed by atoms with E-state index in [4.69, 9.17) is 0 Å². The highest BCUT2D eigenvalue weighted by Gasteiger charge is 2.32. The fourth-order valence-electron chi connectivity index (χ4n) is 2.67. The lowest BCUT2D eigenvalue weighted by Crippen LogP contribution is -2.32. The van der Waals surface area contributed by atoms with Crippen molar-refractivity contribution in [2.24, 2.45) is 7.05 Å². The van der Waals surface area contributed by atoms with Crippen LogP contribution >= 0.6 is 23.1 Å². The Morgan fingerprint density at radius 3 is 2.96 bits per heavy atom. The first kappa shape index (κ1) is 18.1. The van der Waals surface area contributed by atoms with Crippen molar-refractivity contribution < 1.29 is 13.6 Å². The van der Waals surface area contributed by atoms with E-state index in [9.17, 15) is 13.6 Å². The number of amides is 1. The third-order valence-corrected chi connectivity index (χ3v) is 6.17. The molecule has 0 saturated heterocycles. The Bertz CT molecular complexity index is 778. The van der Waals surface area contributed by atoms with E-state index in [1.807, 2.05) is 23.6 Å². The topological polar surface area (TPSA) is 46.9 Å². The van der Waals surface area contributed by atoms with Crippen LogP contribution in [0.1, 0.15) is 29.6 Å². The molecule has 2 aromatic rings. The smallest absolute Gasteiger partial charge is 0.286 e. The molecule has 1 aliphatic heterocycles. The van der Waals surface area contributed by atoms with Crippen LogP contribution in [0.3, 0.4) is 0 Å². The molecule has 0 saturated carbocycles.